The van der Waals surface area contributed by atoms with E-state index in [9.17, 15) is 14.4 Å². The zero-order valence-electron chi connectivity index (χ0n) is 12.3. The van der Waals surface area contributed by atoms with Gasteiger partial charge >= 0.3 is 11.7 Å². The van der Waals surface area contributed by atoms with Crippen LogP contribution in [0.3, 0.4) is 0 Å². The molecular formula is C13H14N4O6. The van der Waals surface area contributed by atoms with Crippen molar-refractivity contribution in [2.24, 2.45) is 11.8 Å². The molecule has 0 saturated carbocycles. The molecule has 1 aromatic rings. The van der Waals surface area contributed by atoms with E-state index in [-0.39, 0.29) is 11.8 Å². The quantitative estimate of drug-likeness (QED) is 0.226. The number of carboxylic acid groups (broad SMARTS) is 1. The highest BCUT2D eigenvalue weighted by atomic mass is 16.5. The first-order valence-corrected chi connectivity index (χ1v) is 6.73. The molecule has 10 nitrogen and oxygen atoms in total. The average molecular weight is 322 g/mol. The maximum absolute atomic E-state index is 12.1. The van der Waals surface area contributed by atoms with Crippen LogP contribution in [0.1, 0.15) is 13.8 Å². The van der Waals surface area contributed by atoms with Crippen LogP contribution in [0.4, 0.5) is 0 Å². The molecule has 2 rings (SSSR count). The van der Waals surface area contributed by atoms with Crippen molar-refractivity contribution >= 4 is 23.4 Å². The van der Waals surface area contributed by atoms with Gasteiger partial charge in [0.05, 0.1) is 12.0 Å². The number of ketones is 1. The number of nitrogens with zero attached hydrogens (tertiary/aromatic N) is 3. The van der Waals surface area contributed by atoms with E-state index in [0.29, 0.717) is 0 Å². The number of rotatable bonds is 7. The Kier molecular flexibility index (Phi) is 4.56. The molecule has 1 aromatic heterocycles. The number of β-lactam (4-membered cyclic amide) rings is 1. The van der Waals surface area contributed by atoms with Gasteiger partial charge in [-0.3, -0.25) is 9.59 Å². The van der Waals surface area contributed by atoms with Gasteiger partial charge in [-0.2, -0.15) is 4.79 Å². The van der Waals surface area contributed by atoms with E-state index in [1.165, 1.54) is 19.3 Å². The van der Waals surface area contributed by atoms with Crippen molar-refractivity contribution < 1.29 is 33.5 Å². The number of aliphatic carboxylic acids is 1. The van der Waals surface area contributed by atoms with Gasteiger partial charge in [0.25, 0.3) is 11.7 Å². The standard InChI is InChI=1S/C13H14N4O6/c1-5(11(18)10(16-14)13(20)21)9-8(12(19)15-9)6(2)23-7-3-4-22-17-7/h3-6,8-9H,1-2H3,(H,15,19)(H,20,21)/t5?,6-,8-,9-/m1/s1. The van der Waals surface area contributed by atoms with E-state index < -0.39 is 41.4 Å². The summed E-state index contributed by atoms with van der Waals surface area (Å²) in [5.74, 6) is -4.24. The molecule has 1 unspecified atom stereocenters. The van der Waals surface area contributed by atoms with Crippen LogP contribution in [0.15, 0.2) is 16.9 Å². The average Bonchev–Trinajstić information content (AvgIpc) is 2.96. The fourth-order valence-corrected chi connectivity index (χ4v) is 2.46. The van der Waals surface area contributed by atoms with Gasteiger partial charge in [-0.1, -0.05) is 6.92 Å². The Labute approximate surface area is 130 Å². The number of amides is 1. The van der Waals surface area contributed by atoms with Crippen molar-refractivity contribution in [3.05, 3.63) is 17.9 Å². The molecular weight excluding hydrogens is 308 g/mol. The highest BCUT2D eigenvalue weighted by molar-refractivity contribution is 6.62. The normalized spacial score (nSPS) is 22.1. The van der Waals surface area contributed by atoms with Crippen LogP contribution in [0.25, 0.3) is 5.53 Å². The molecule has 23 heavy (non-hydrogen) atoms. The molecule has 4 atom stereocenters. The van der Waals surface area contributed by atoms with Crippen LogP contribution < -0.4 is 10.1 Å². The lowest BCUT2D eigenvalue weighted by Crippen LogP contribution is -2.66. The molecule has 10 heteroatoms. The van der Waals surface area contributed by atoms with Crippen molar-refractivity contribution in [2.45, 2.75) is 26.0 Å². The lowest BCUT2D eigenvalue weighted by molar-refractivity contribution is -0.144. The molecule has 1 saturated heterocycles. The first kappa shape index (κ1) is 16.4. The second-order valence-electron chi connectivity index (χ2n) is 5.13. The lowest BCUT2D eigenvalue weighted by Gasteiger charge is -2.41. The highest BCUT2D eigenvalue weighted by Gasteiger charge is 2.51. The minimum atomic E-state index is -1.64. The van der Waals surface area contributed by atoms with Gasteiger partial charge in [0.1, 0.15) is 12.4 Å². The summed E-state index contributed by atoms with van der Waals surface area (Å²) < 4.78 is 10.1. The third-order valence-electron chi connectivity index (χ3n) is 3.71. The van der Waals surface area contributed by atoms with Crippen LogP contribution in [-0.2, 0) is 14.4 Å². The van der Waals surface area contributed by atoms with Crippen LogP contribution in [-0.4, -0.2) is 50.6 Å². The zero-order chi connectivity index (χ0) is 17.1. The van der Waals surface area contributed by atoms with E-state index >= 15 is 0 Å². The number of carboxylic acids is 1. The predicted octanol–water partition coefficient (Wildman–Crippen LogP) is -0.483. The first-order valence-electron chi connectivity index (χ1n) is 6.73. The van der Waals surface area contributed by atoms with E-state index in [1.807, 2.05) is 0 Å². The van der Waals surface area contributed by atoms with E-state index in [1.54, 1.807) is 6.92 Å². The van der Waals surface area contributed by atoms with Gasteiger partial charge in [-0.15, -0.1) is 0 Å². The number of hydrogen-bond acceptors (Lipinski definition) is 6. The van der Waals surface area contributed by atoms with Crippen LogP contribution in [0, 0.1) is 11.8 Å². The number of carbonyl (C=O) groups excluding carboxylic acids is 2. The van der Waals surface area contributed by atoms with Crippen molar-refractivity contribution in [1.29, 1.82) is 0 Å². The topological polar surface area (TPSA) is 155 Å². The summed E-state index contributed by atoms with van der Waals surface area (Å²) in [4.78, 5) is 37.2. The fraction of sp³-hybridized carbons (Fsp3) is 0.462. The summed E-state index contributed by atoms with van der Waals surface area (Å²) >= 11 is 0. The lowest BCUT2D eigenvalue weighted by atomic mass is 9.76. The molecule has 122 valence electrons. The van der Waals surface area contributed by atoms with Crippen molar-refractivity contribution in [3.8, 4) is 5.88 Å². The summed E-state index contributed by atoms with van der Waals surface area (Å²) in [6, 6.07) is 0.824. The second-order valence-corrected chi connectivity index (χ2v) is 5.13. The van der Waals surface area contributed by atoms with Gasteiger partial charge < -0.3 is 25.2 Å². The molecule has 2 N–H and O–H groups in total. The number of ether oxygens (including phenoxy) is 1. The van der Waals surface area contributed by atoms with Gasteiger partial charge in [0.15, 0.2) is 0 Å². The third kappa shape index (κ3) is 3.11. The minimum absolute atomic E-state index is 0.193. The van der Waals surface area contributed by atoms with Gasteiger partial charge in [0.2, 0.25) is 5.91 Å². The Balaban J connectivity index is 2.10. The van der Waals surface area contributed by atoms with Gasteiger partial charge in [-0.05, 0) is 12.1 Å². The molecule has 1 aliphatic rings. The van der Waals surface area contributed by atoms with Gasteiger partial charge in [0, 0.05) is 12.0 Å². The SMILES string of the molecule is CC(C(=O)C(=[N+]=[N-])C(=O)O)[C@H]1NC(=O)[C@@H]1[C@@H](C)Oc1ccon1. The smallest absolute Gasteiger partial charge is 0.441 e. The number of Topliss-reactive ketones (excluding diaryl/α,β-unsaturated/α-hetero) is 1. The van der Waals surface area contributed by atoms with Gasteiger partial charge in [-0.25, -0.2) is 4.79 Å². The van der Waals surface area contributed by atoms with E-state index in [0.717, 1.165) is 0 Å². The number of hydrogen-bond donors (Lipinski definition) is 2. The van der Waals surface area contributed by atoms with E-state index in [4.69, 9.17) is 15.4 Å². The third-order valence-corrected chi connectivity index (χ3v) is 3.71. The van der Waals surface area contributed by atoms with E-state index in [2.05, 4.69) is 19.8 Å². The molecule has 0 bridgehead atoms. The Morgan fingerprint density at radius 3 is 2.70 bits per heavy atom. The van der Waals surface area contributed by atoms with Crippen LogP contribution >= 0.6 is 0 Å². The van der Waals surface area contributed by atoms with Crippen molar-refractivity contribution in [3.63, 3.8) is 0 Å². The fourth-order valence-electron chi connectivity index (χ4n) is 2.46. The molecule has 1 fully saturated rings. The minimum Gasteiger partial charge on any atom is -0.472 e. The summed E-state index contributed by atoms with van der Waals surface area (Å²) in [6.45, 7) is 3.07. The van der Waals surface area contributed by atoms with Crippen LogP contribution in [0.2, 0.25) is 0 Å². The second kappa shape index (κ2) is 6.41. The largest absolute Gasteiger partial charge is 0.472 e. The molecule has 1 aliphatic heterocycles. The van der Waals surface area contributed by atoms with Crippen molar-refractivity contribution in [1.82, 2.24) is 10.5 Å². The molecule has 0 aliphatic carbocycles. The van der Waals surface area contributed by atoms with Crippen LogP contribution in [0.5, 0.6) is 5.88 Å². The maximum atomic E-state index is 12.1. The van der Waals surface area contributed by atoms with Crippen molar-refractivity contribution in [2.75, 3.05) is 0 Å². The highest BCUT2D eigenvalue weighted by Crippen LogP contribution is 2.28. The molecule has 0 aromatic carbocycles. The molecule has 0 spiro atoms. The molecule has 2 heterocycles. The zero-order valence-corrected chi connectivity index (χ0v) is 12.3. The summed E-state index contributed by atoms with van der Waals surface area (Å²) in [5.41, 5.74) is 7.66. The first-order chi connectivity index (χ1) is 10.9. The maximum Gasteiger partial charge on any atom is 0.441 e. The number of carbonyl (C=O) groups is 3. The predicted molar refractivity (Wildman–Crippen MR) is 72.4 cm³/mol. The Hall–Kier alpha value is -3.00. The number of nitrogens with one attached hydrogen (secondary N) is 1. The summed E-state index contributed by atoms with van der Waals surface area (Å²) in [7, 11) is 0. The Morgan fingerprint density at radius 2 is 2.22 bits per heavy atom. The summed E-state index contributed by atoms with van der Waals surface area (Å²) in [5, 5.41) is 14.9. The summed E-state index contributed by atoms with van der Waals surface area (Å²) in [6.07, 6.45) is 0.692. The molecule has 1 amide bonds. The number of aromatic nitrogens is 1. The Morgan fingerprint density at radius 1 is 1.52 bits per heavy atom. The monoisotopic (exact) mass is 322 g/mol. The molecule has 0 radical (unpaired) electrons. The Bertz CT molecular complexity index is 679.